The molecule has 3 heteroatoms. The number of hydrogen-bond donors (Lipinski definition) is 0. The van der Waals surface area contributed by atoms with Crippen molar-refractivity contribution >= 4 is 17.4 Å². The monoisotopic (exact) mass is 240 g/mol. The molecule has 0 spiro atoms. The molecule has 16 heavy (non-hydrogen) atoms. The maximum absolute atomic E-state index is 11.8. The normalized spacial score (nSPS) is 10.2. The van der Waals surface area contributed by atoms with Gasteiger partial charge >= 0.3 is 0 Å². The van der Waals surface area contributed by atoms with Crippen molar-refractivity contribution < 1.29 is 9.53 Å². The second kappa shape index (κ2) is 6.54. The smallest absolute Gasteiger partial charge is 0.164 e. The number of hydrogen-bond acceptors (Lipinski definition) is 2. The molecule has 0 aromatic heterocycles. The molecule has 0 aliphatic carbocycles. The maximum Gasteiger partial charge on any atom is 0.164 e. The number of carbonyl (C=O) groups is 1. The molecule has 1 aromatic carbocycles. The molecule has 0 unspecified atom stereocenters. The molecule has 0 N–H and O–H groups in total. The van der Waals surface area contributed by atoms with E-state index < -0.39 is 0 Å². The van der Waals surface area contributed by atoms with Gasteiger partial charge in [0.2, 0.25) is 0 Å². The average molecular weight is 241 g/mol. The molecule has 0 atom stereocenters. The summed E-state index contributed by atoms with van der Waals surface area (Å²) in [6.45, 7) is 4.61. The van der Waals surface area contributed by atoms with Gasteiger partial charge in [-0.15, -0.1) is 11.6 Å². The molecule has 1 rings (SSSR count). The van der Waals surface area contributed by atoms with Crippen LogP contribution in [0, 0.1) is 0 Å². The van der Waals surface area contributed by atoms with Crippen molar-refractivity contribution in [2.75, 3.05) is 12.5 Å². The molecular formula is C13H17ClO2. The Morgan fingerprint density at radius 1 is 1.38 bits per heavy atom. The van der Waals surface area contributed by atoms with Crippen LogP contribution in [0.25, 0.3) is 0 Å². The molecule has 0 aliphatic rings. The van der Waals surface area contributed by atoms with Crippen LogP contribution in [0.4, 0.5) is 0 Å². The lowest BCUT2D eigenvalue weighted by atomic mass is 10.00. The summed E-state index contributed by atoms with van der Waals surface area (Å²) >= 11 is 5.58. The fraction of sp³-hybridized carbons (Fsp3) is 0.462. The van der Waals surface area contributed by atoms with E-state index in [1.165, 1.54) is 0 Å². The van der Waals surface area contributed by atoms with E-state index >= 15 is 0 Å². The first-order valence-electron chi connectivity index (χ1n) is 5.57. The first-order valence-corrected chi connectivity index (χ1v) is 6.11. The molecule has 0 saturated heterocycles. The zero-order valence-electron chi connectivity index (χ0n) is 9.75. The Labute approximate surface area is 102 Å². The van der Waals surface area contributed by atoms with E-state index in [-0.39, 0.29) is 5.78 Å². The van der Waals surface area contributed by atoms with E-state index in [1.54, 1.807) is 0 Å². The van der Waals surface area contributed by atoms with Gasteiger partial charge in [0.1, 0.15) is 5.75 Å². The van der Waals surface area contributed by atoms with E-state index in [1.807, 2.05) is 32.0 Å². The molecule has 0 aliphatic heterocycles. The molecule has 1 aromatic rings. The Balaban J connectivity index is 2.96. The van der Waals surface area contributed by atoms with E-state index in [0.717, 1.165) is 23.3 Å². The van der Waals surface area contributed by atoms with Crippen LogP contribution < -0.4 is 4.74 Å². The summed E-state index contributed by atoms with van der Waals surface area (Å²) in [6.07, 6.45) is 1.22. The zero-order valence-corrected chi connectivity index (χ0v) is 10.5. The highest BCUT2D eigenvalue weighted by molar-refractivity contribution is 6.19. The number of ether oxygens (including phenoxy) is 1. The fourth-order valence-corrected chi connectivity index (χ4v) is 1.78. The lowest BCUT2D eigenvalue weighted by molar-refractivity contribution is 0.0988. The first kappa shape index (κ1) is 13.0. The minimum atomic E-state index is 0.106. The number of aryl methyl sites for hydroxylation is 1. The minimum Gasteiger partial charge on any atom is -0.494 e. The maximum atomic E-state index is 11.8. The van der Waals surface area contributed by atoms with E-state index in [2.05, 4.69) is 0 Å². The number of rotatable bonds is 6. The quantitative estimate of drug-likeness (QED) is 0.562. The summed E-state index contributed by atoms with van der Waals surface area (Å²) < 4.78 is 5.41. The van der Waals surface area contributed by atoms with Crippen LogP contribution in [0.15, 0.2) is 18.2 Å². The van der Waals surface area contributed by atoms with E-state index in [9.17, 15) is 4.79 Å². The van der Waals surface area contributed by atoms with Crippen molar-refractivity contribution in [1.29, 1.82) is 0 Å². The minimum absolute atomic E-state index is 0.106. The van der Waals surface area contributed by atoms with Crippen LogP contribution in [0.2, 0.25) is 0 Å². The van der Waals surface area contributed by atoms with Crippen LogP contribution in [-0.4, -0.2) is 18.3 Å². The van der Waals surface area contributed by atoms with Crippen LogP contribution >= 0.6 is 11.6 Å². The third kappa shape index (κ3) is 3.24. The first-order chi connectivity index (χ1) is 7.72. The van der Waals surface area contributed by atoms with Crippen LogP contribution in [0.3, 0.4) is 0 Å². The third-order valence-electron chi connectivity index (χ3n) is 2.39. The molecule has 0 bridgehead atoms. The Morgan fingerprint density at radius 3 is 2.69 bits per heavy atom. The van der Waals surface area contributed by atoms with Crippen LogP contribution in [-0.2, 0) is 6.42 Å². The zero-order chi connectivity index (χ0) is 12.0. The molecule has 0 fully saturated rings. The predicted molar refractivity (Wildman–Crippen MR) is 66.7 cm³/mol. The van der Waals surface area contributed by atoms with Gasteiger partial charge in [-0.25, -0.2) is 0 Å². The molecule has 0 radical (unpaired) electrons. The highest BCUT2D eigenvalue weighted by Gasteiger charge is 2.10. The SMILES string of the molecule is CCOc1ccc(C(=O)CCCl)c(CC)c1. The summed E-state index contributed by atoms with van der Waals surface area (Å²) in [6, 6.07) is 5.60. The molecule has 0 amide bonds. The van der Waals surface area contributed by atoms with E-state index in [4.69, 9.17) is 16.3 Å². The van der Waals surface area contributed by atoms with Gasteiger partial charge in [-0.05, 0) is 37.1 Å². The van der Waals surface area contributed by atoms with Gasteiger partial charge in [-0.1, -0.05) is 6.92 Å². The average Bonchev–Trinajstić information content (AvgIpc) is 2.29. The topological polar surface area (TPSA) is 26.3 Å². The van der Waals surface area contributed by atoms with Crippen LogP contribution in [0.5, 0.6) is 5.75 Å². The van der Waals surface area contributed by atoms with Crippen molar-refractivity contribution in [1.82, 2.24) is 0 Å². The number of Topliss-reactive ketones (excluding diaryl/α,β-unsaturated/α-hetero) is 1. The number of ketones is 1. The largest absolute Gasteiger partial charge is 0.494 e. The standard InChI is InChI=1S/C13H17ClO2/c1-3-10-9-11(16-4-2)5-6-12(10)13(15)7-8-14/h5-6,9H,3-4,7-8H2,1-2H3. The Morgan fingerprint density at radius 2 is 2.12 bits per heavy atom. The van der Waals surface area contributed by atoms with Crippen LogP contribution in [0.1, 0.15) is 36.2 Å². The summed E-state index contributed by atoms with van der Waals surface area (Å²) in [5.74, 6) is 1.30. The van der Waals surface area contributed by atoms with Crippen molar-refractivity contribution in [3.63, 3.8) is 0 Å². The van der Waals surface area contributed by atoms with Gasteiger partial charge in [0, 0.05) is 17.9 Å². The van der Waals surface area contributed by atoms with Gasteiger partial charge < -0.3 is 4.74 Å². The Hall–Kier alpha value is -1.02. The lowest BCUT2D eigenvalue weighted by Crippen LogP contribution is -2.04. The summed E-state index contributed by atoms with van der Waals surface area (Å²) in [5.41, 5.74) is 1.80. The fourth-order valence-electron chi connectivity index (χ4n) is 1.61. The van der Waals surface area contributed by atoms with Crippen molar-refractivity contribution in [3.05, 3.63) is 29.3 Å². The van der Waals surface area contributed by atoms with Crippen molar-refractivity contribution in [2.45, 2.75) is 26.7 Å². The van der Waals surface area contributed by atoms with Gasteiger partial charge in [0.05, 0.1) is 6.61 Å². The summed E-state index contributed by atoms with van der Waals surface area (Å²) in [4.78, 5) is 11.8. The molecule has 0 saturated carbocycles. The number of carbonyl (C=O) groups excluding carboxylic acids is 1. The van der Waals surface area contributed by atoms with Gasteiger partial charge in [-0.2, -0.15) is 0 Å². The third-order valence-corrected chi connectivity index (χ3v) is 2.58. The van der Waals surface area contributed by atoms with Crippen molar-refractivity contribution in [3.8, 4) is 5.75 Å². The lowest BCUT2D eigenvalue weighted by Gasteiger charge is -2.09. The summed E-state index contributed by atoms with van der Waals surface area (Å²) in [5, 5.41) is 0. The van der Waals surface area contributed by atoms with Gasteiger partial charge in [-0.3, -0.25) is 4.79 Å². The number of benzene rings is 1. The Bertz CT molecular complexity index is 361. The molecule has 88 valence electrons. The summed E-state index contributed by atoms with van der Waals surface area (Å²) in [7, 11) is 0. The Kier molecular flexibility index (Phi) is 5.33. The number of alkyl halides is 1. The van der Waals surface area contributed by atoms with Crippen molar-refractivity contribution in [2.24, 2.45) is 0 Å². The molecular weight excluding hydrogens is 224 g/mol. The van der Waals surface area contributed by atoms with Gasteiger partial charge in [0.25, 0.3) is 0 Å². The van der Waals surface area contributed by atoms with Gasteiger partial charge in [0.15, 0.2) is 5.78 Å². The number of halogens is 1. The highest BCUT2D eigenvalue weighted by atomic mass is 35.5. The highest BCUT2D eigenvalue weighted by Crippen LogP contribution is 2.20. The molecule has 0 heterocycles. The molecule has 2 nitrogen and oxygen atoms in total. The second-order valence-electron chi connectivity index (χ2n) is 3.47. The van der Waals surface area contributed by atoms with E-state index in [0.29, 0.717) is 18.9 Å². The second-order valence-corrected chi connectivity index (χ2v) is 3.85. The predicted octanol–water partition coefficient (Wildman–Crippen LogP) is 3.46.